The first kappa shape index (κ1) is 22.6. The van der Waals surface area contributed by atoms with Crippen molar-refractivity contribution in [2.24, 2.45) is 11.1 Å². The van der Waals surface area contributed by atoms with Crippen LogP contribution in [-0.4, -0.2) is 37.2 Å². The van der Waals surface area contributed by atoms with Gasteiger partial charge in [-0.25, -0.2) is 4.98 Å². The van der Waals surface area contributed by atoms with Gasteiger partial charge in [0.25, 0.3) is 0 Å². The minimum absolute atomic E-state index is 0. The maximum Gasteiger partial charge on any atom is 0.227 e. The third kappa shape index (κ3) is 5.57. The molecule has 2 rings (SSSR count). The van der Waals surface area contributed by atoms with Crippen LogP contribution in [0.25, 0.3) is 0 Å². The molecule has 0 spiro atoms. The zero-order valence-corrected chi connectivity index (χ0v) is 16.2. The molecule has 0 bridgehead atoms. The maximum absolute atomic E-state index is 12.4. The molecule has 8 heteroatoms. The Kier molecular flexibility index (Phi) is 10.3. The highest BCUT2D eigenvalue weighted by molar-refractivity contribution is 7.11. The van der Waals surface area contributed by atoms with Crippen molar-refractivity contribution in [3.8, 4) is 0 Å². The summed E-state index contributed by atoms with van der Waals surface area (Å²) in [5, 5.41) is 4.13. The number of rotatable bonds is 6. The minimum Gasteiger partial charge on any atom is -0.381 e. The summed E-state index contributed by atoms with van der Waals surface area (Å²) in [6.07, 6.45) is 3.18. The lowest BCUT2D eigenvalue weighted by Gasteiger charge is -2.34. The Balaban J connectivity index is 0.00000242. The zero-order valence-electron chi connectivity index (χ0n) is 13.7. The minimum atomic E-state index is -0.439. The number of carbonyl (C=O) groups is 1. The molecule has 1 aromatic rings. The Bertz CT molecular complexity index is 491. The molecule has 5 nitrogen and oxygen atoms in total. The maximum atomic E-state index is 12.4. The lowest BCUT2D eigenvalue weighted by Crippen LogP contribution is -2.49. The molecular formula is C15H27Cl2N3O2S. The predicted octanol–water partition coefficient (Wildman–Crippen LogP) is 2.27. The summed E-state index contributed by atoms with van der Waals surface area (Å²) in [6, 6.07) is 0. The number of amides is 1. The van der Waals surface area contributed by atoms with E-state index in [2.05, 4.69) is 24.1 Å². The van der Waals surface area contributed by atoms with E-state index in [0.717, 1.165) is 17.8 Å². The van der Waals surface area contributed by atoms with Crippen molar-refractivity contribution in [2.45, 2.75) is 39.5 Å². The predicted molar refractivity (Wildman–Crippen MR) is 99.0 cm³/mol. The van der Waals surface area contributed by atoms with Crippen LogP contribution in [0.3, 0.4) is 0 Å². The second kappa shape index (κ2) is 10.5. The molecular weight excluding hydrogens is 357 g/mol. The fraction of sp³-hybridized carbons (Fsp3) is 0.733. The van der Waals surface area contributed by atoms with Gasteiger partial charge in [0.1, 0.15) is 0 Å². The smallest absolute Gasteiger partial charge is 0.227 e. The van der Waals surface area contributed by atoms with Gasteiger partial charge in [0.15, 0.2) is 0 Å². The van der Waals surface area contributed by atoms with Crippen LogP contribution >= 0.6 is 36.2 Å². The molecule has 1 aromatic heterocycles. The summed E-state index contributed by atoms with van der Waals surface area (Å²) in [5.41, 5.74) is 6.57. The lowest BCUT2D eigenvalue weighted by molar-refractivity contribution is -0.135. The summed E-state index contributed by atoms with van der Waals surface area (Å²) >= 11 is 1.72. The van der Waals surface area contributed by atoms with E-state index in [1.807, 2.05) is 0 Å². The van der Waals surface area contributed by atoms with Crippen molar-refractivity contribution < 1.29 is 9.53 Å². The Morgan fingerprint density at radius 1 is 1.39 bits per heavy atom. The van der Waals surface area contributed by atoms with E-state index in [-0.39, 0.29) is 30.7 Å². The van der Waals surface area contributed by atoms with Gasteiger partial charge < -0.3 is 15.8 Å². The summed E-state index contributed by atoms with van der Waals surface area (Å²) < 4.78 is 5.33. The first-order valence-electron chi connectivity index (χ1n) is 7.62. The summed E-state index contributed by atoms with van der Waals surface area (Å²) in [5.74, 6) is 0.0669. The zero-order chi connectivity index (χ0) is 15.3. The van der Waals surface area contributed by atoms with Gasteiger partial charge in [0.05, 0.1) is 16.1 Å². The summed E-state index contributed by atoms with van der Waals surface area (Å²) in [6.45, 7) is 6.47. The van der Waals surface area contributed by atoms with Crippen molar-refractivity contribution in [3.63, 3.8) is 0 Å². The molecule has 0 unspecified atom stereocenters. The average Bonchev–Trinajstić information content (AvgIpc) is 2.87. The number of hydrogen-bond donors (Lipinski definition) is 2. The van der Waals surface area contributed by atoms with Crippen LogP contribution in [0, 0.1) is 12.3 Å². The molecule has 134 valence electrons. The molecule has 0 atom stereocenters. The average molecular weight is 384 g/mol. The van der Waals surface area contributed by atoms with Gasteiger partial charge in [0.2, 0.25) is 5.91 Å². The van der Waals surface area contributed by atoms with Crippen LogP contribution in [0.2, 0.25) is 0 Å². The quantitative estimate of drug-likeness (QED) is 0.789. The van der Waals surface area contributed by atoms with Crippen LogP contribution in [0.15, 0.2) is 0 Å². The Labute approximate surface area is 154 Å². The molecule has 0 radical (unpaired) electrons. The van der Waals surface area contributed by atoms with E-state index in [1.165, 1.54) is 10.6 Å². The van der Waals surface area contributed by atoms with Crippen LogP contribution in [-0.2, 0) is 22.4 Å². The molecule has 0 aromatic carbocycles. The van der Waals surface area contributed by atoms with Crippen molar-refractivity contribution in [1.29, 1.82) is 0 Å². The van der Waals surface area contributed by atoms with Crippen LogP contribution < -0.4 is 11.1 Å². The van der Waals surface area contributed by atoms with Gasteiger partial charge in [-0.1, -0.05) is 6.92 Å². The molecule has 1 aliphatic heterocycles. The normalized spacial score (nSPS) is 16.1. The Morgan fingerprint density at radius 3 is 2.57 bits per heavy atom. The van der Waals surface area contributed by atoms with E-state index >= 15 is 0 Å². The first-order valence-corrected chi connectivity index (χ1v) is 8.44. The molecule has 0 saturated carbocycles. The topological polar surface area (TPSA) is 77.2 Å². The van der Waals surface area contributed by atoms with Gasteiger partial charge >= 0.3 is 0 Å². The van der Waals surface area contributed by atoms with E-state index in [4.69, 9.17) is 10.5 Å². The Morgan fingerprint density at radius 2 is 2.04 bits per heavy atom. The molecule has 1 fully saturated rings. The molecule has 23 heavy (non-hydrogen) atoms. The van der Waals surface area contributed by atoms with Crippen LogP contribution in [0.4, 0.5) is 0 Å². The Hall–Kier alpha value is -0.400. The van der Waals surface area contributed by atoms with Gasteiger partial charge in [0, 0.05) is 37.6 Å². The number of aryl methyl sites for hydroxylation is 2. The van der Waals surface area contributed by atoms with Gasteiger partial charge in [-0.3, -0.25) is 4.79 Å². The number of carbonyl (C=O) groups excluding carboxylic acids is 1. The summed E-state index contributed by atoms with van der Waals surface area (Å²) in [7, 11) is 0. The number of nitrogens with two attached hydrogens (primary N) is 1. The number of thiazole rings is 1. The number of nitrogens with zero attached hydrogens (tertiary/aromatic N) is 1. The molecule has 0 aliphatic carbocycles. The number of aromatic nitrogens is 1. The molecule has 1 amide bonds. The van der Waals surface area contributed by atoms with Crippen molar-refractivity contribution in [2.75, 3.05) is 26.3 Å². The highest BCUT2D eigenvalue weighted by Gasteiger charge is 2.38. The van der Waals surface area contributed by atoms with Crippen molar-refractivity contribution in [1.82, 2.24) is 10.3 Å². The second-order valence-electron chi connectivity index (χ2n) is 5.57. The van der Waals surface area contributed by atoms with Gasteiger partial charge in [-0.15, -0.1) is 36.2 Å². The third-order valence-electron chi connectivity index (χ3n) is 4.22. The molecule has 1 saturated heterocycles. The first-order chi connectivity index (χ1) is 10.1. The largest absolute Gasteiger partial charge is 0.381 e. The van der Waals surface area contributed by atoms with Crippen LogP contribution in [0.5, 0.6) is 0 Å². The van der Waals surface area contributed by atoms with Gasteiger partial charge in [-0.2, -0.15) is 0 Å². The molecule has 3 N–H and O–H groups in total. The summed E-state index contributed by atoms with van der Waals surface area (Å²) in [4.78, 5) is 18.3. The molecule has 2 heterocycles. The van der Waals surface area contributed by atoms with E-state index < -0.39 is 5.41 Å². The van der Waals surface area contributed by atoms with E-state index in [1.54, 1.807) is 11.3 Å². The van der Waals surface area contributed by atoms with E-state index in [0.29, 0.717) is 39.1 Å². The number of halogens is 2. The van der Waals surface area contributed by atoms with Gasteiger partial charge in [-0.05, 0) is 26.2 Å². The third-order valence-corrected chi connectivity index (χ3v) is 5.29. The monoisotopic (exact) mass is 383 g/mol. The second-order valence-corrected chi connectivity index (χ2v) is 6.85. The standard InChI is InChI=1S/C15H25N3O2S.2ClH/c1-3-12-11(2)21-13(18-12)4-7-17-14(19)15(10-16)5-8-20-9-6-15;;/h3-10,16H2,1-2H3,(H,17,19);2*1H. The SMILES string of the molecule is CCc1nc(CCNC(=O)C2(CN)CCOCC2)sc1C.Cl.Cl. The lowest BCUT2D eigenvalue weighted by atomic mass is 9.79. The van der Waals surface area contributed by atoms with Crippen molar-refractivity contribution >= 4 is 42.1 Å². The fourth-order valence-corrected chi connectivity index (χ4v) is 3.70. The van der Waals surface area contributed by atoms with E-state index in [9.17, 15) is 4.79 Å². The number of ether oxygens (including phenoxy) is 1. The molecule has 1 aliphatic rings. The highest BCUT2D eigenvalue weighted by atomic mass is 35.5. The van der Waals surface area contributed by atoms with Crippen LogP contribution in [0.1, 0.15) is 35.3 Å². The highest BCUT2D eigenvalue weighted by Crippen LogP contribution is 2.29. The fourth-order valence-electron chi connectivity index (χ4n) is 2.68. The number of nitrogens with one attached hydrogen (secondary N) is 1. The van der Waals surface area contributed by atoms with Crippen molar-refractivity contribution in [3.05, 3.63) is 15.6 Å². The number of hydrogen-bond acceptors (Lipinski definition) is 5.